The second-order valence-corrected chi connectivity index (χ2v) is 4.73. The minimum Gasteiger partial charge on any atom is -0.468 e. The van der Waals surface area contributed by atoms with Gasteiger partial charge in [-0.05, 0) is 18.2 Å². The first-order chi connectivity index (χ1) is 9.49. The highest BCUT2D eigenvalue weighted by Crippen LogP contribution is 2.22. The van der Waals surface area contributed by atoms with Gasteiger partial charge in [0.15, 0.2) is 0 Å². The van der Waals surface area contributed by atoms with Crippen molar-refractivity contribution in [3.8, 4) is 6.07 Å². The predicted octanol–water partition coefficient (Wildman–Crippen LogP) is 1.47. The Hall–Kier alpha value is -2.07. The van der Waals surface area contributed by atoms with Crippen LogP contribution in [0.25, 0.3) is 0 Å². The molecule has 0 bridgehead atoms. The normalized spacial score (nSPS) is 9.50. The van der Waals surface area contributed by atoms with E-state index in [0.717, 1.165) is 0 Å². The molecule has 106 valence electrons. The van der Waals surface area contributed by atoms with Crippen LogP contribution in [0.5, 0.6) is 0 Å². The lowest BCUT2D eigenvalue weighted by molar-refractivity contribution is -0.140. The van der Waals surface area contributed by atoms with Crippen molar-refractivity contribution in [3.05, 3.63) is 28.2 Å². The van der Waals surface area contributed by atoms with Gasteiger partial charge in [0, 0.05) is 10.2 Å². The number of halogens is 1. The van der Waals surface area contributed by atoms with Gasteiger partial charge in [-0.15, -0.1) is 0 Å². The zero-order valence-corrected chi connectivity index (χ0v) is 12.6. The maximum absolute atomic E-state index is 11.4. The summed E-state index contributed by atoms with van der Waals surface area (Å²) in [5, 5.41) is 8.95. The fraction of sp³-hybridized carbons (Fsp3) is 0.308. The van der Waals surface area contributed by atoms with Crippen LogP contribution in [-0.2, 0) is 19.1 Å². The van der Waals surface area contributed by atoms with Crippen molar-refractivity contribution in [1.82, 2.24) is 0 Å². The number of methoxy groups -OCH3 is 2. The maximum atomic E-state index is 11.4. The summed E-state index contributed by atoms with van der Waals surface area (Å²) in [7, 11) is 2.53. The van der Waals surface area contributed by atoms with Gasteiger partial charge >= 0.3 is 11.9 Å². The molecule has 0 fully saturated rings. The molecule has 0 aliphatic heterocycles. The second kappa shape index (κ2) is 7.50. The molecule has 1 aromatic rings. The maximum Gasteiger partial charge on any atom is 0.325 e. The number of anilines is 1. The van der Waals surface area contributed by atoms with E-state index in [1.165, 1.54) is 19.1 Å². The lowest BCUT2D eigenvalue weighted by Crippen LogP contribution is -2.35. The molecule has 20 heavy (non-hydrogen) atoms. The van der Waals surface area contributed by atoms with Crippen molar-refractivity contribution in [2.24, 2.45) is 0 Å². The Morgan fingerprint density at radius 2 is 1.75 bits per heavy atom. The zero-order valence-electron chi connectivity index (χ0n) is 11.1. The van der Waals surface area contributed by atoms with Crippen LogP contribution in [-0.4, -0.2) is 39.2 Å². The van der Waals surface area contributed by atoms with Crippen LogP contribution >= 0.6 is 15.9 Å². The number of carbonyl (C=O) groups excluding carboxylic acids is 2. The number of hydrogen-bond acceptors (Lipinski definition) is 6. The molecule has 0 aliphatic carbocycles. The Bertz CT molecular complexity index is 536. The summed E-state index contributed by atoms with van der Waals surface area (Å²) in [6.45, 7) is -0.236. The first-order valence-corrected chi connectivity index (χ1v) is 6.38. The quantitative estimate of drug-likeness (QED) is 0.755. The van der Waals surface area contributed by atoms with Crippen LogP contribution in [0.1, 0.15) is 5.56 Å². The fourth-order valence-electron chi connectivity index (χ4n) is 1.50. The van der Waals surface area contributed by atoms with Gasteiger partial charge in [-0.25, -0.2) is 0 Å². The van der Waals surface area contributed by atoms with Gasteiger partial charge in [0.1, 0.15) is 13.1 Å². The fourth-order valence-corrected chi connectivity index (χ4v) is 1.98. The van der Waals surface area contributed by atoms with E-state index >= 15 is 0 Å². The molecule has 0 spiro atoms. The molecule has 0 saturated carbocycles. The van der Waals surface area contributed by atoms with E-state index in [9.17, 15) is 9.59 Å². The first-order valence-electron chi connectivity index (χ1n) is 5.59. The number of ether oxygens (including phenoxy) is 2. The van der Waals surface area contributed by atoms with E-state index in [2.05, 4.69) is 25.4 Å². The van der Waals surface area contributed by atoms with Crippen molar-refractivity contribution in [3.63, 3.8) is 0 Å². The molecule has 0 aromatic heterocycles. The van der Waals surface area contributed by atoms with E-state index in [0.29, 0.717) is 15.7 Å². The average molecular weight is 341 g/mol. The monoisotopic (exact) mass is 340 g/mol. The summed E-state index contributed by atoms with van der Waals surface area (Å²) < 4.78 is 9.86. The summed E-state index contributed by atoms with van der Waals surface area (Å²) >= 11 is 3.28. The first kappa shape index (κ1) is 16.0. The van der Waals surface area contributed by atoms with E-state index in [1.807, 2.05) is 6.07 Å². The van der Waals surface area contributed by atoms with Crippen molar-refractivity contribution in [2.75, 3.05) is 32.2 Å². The van der Waals surface area contributed by atoms with Crippen LogP contribution in [0.4, 0.5) is 5.69 Å². The van der Waals surface area contributed by atoms with E-state index in [-0.39, 0.29) is 13.1 Å². The van der Waals surface area contributed by atoms with E-state index in [1.54, 1.807) is 18.2 Å². The van der Waals surface area contributed by atoms with Gasteiger partial charge in [0.2, 0.25) is 0 Å². The van der Waals surface area contributed by atoms with Crippen molar-refractivity contribution >= 4 is 33.6 Å². The third-order valence-corrected chi connectivity index (χ3v) is 2.93. The number of benzene rings is 1. The van der Waals surface area contributed by atoms with Crippen LogP contribution < -0.4 is 4.90 Å². The van der Waals surface area contributed by atoms with Crippen LogP contribution in [0.2, 0.25) is 0 Å². The van der Waals surface area contributed by atoms with E-state index < -0.39 is 11.9 Å². The molecular formula is C13H13BrN2O4. The molecule has 1 rings (SSSR count). The molecule has 0 atom stereocenters. The molecule has 0 radical (unpaired) electrons. The molecule has 0 heterocycles. The smallest absolute Gasteiger partial charge is 0.325 e. The molecule has 0 saturated heterocycles. The Labute approximate surface area is 125 Å². The highest BCUT2D eigenvalue weighted by molar-refractivity contribution is 9.10. The summed E-state index contributed by atoms with van der Waals surface area (Å²) in [6.07, 6.45) is 0. The van der Waals surface area contributed by atoms with Crippen LogP contribution in [0.3, 0.4) is 0 Å². The van der Waals surface area contributed by atoms with Crippen molar-refractivity contribution < 1.29 is 19.1 Å². The van der Waals surface area contributed by atoms with Gasteiger partial charge < -0.3 is 14.4 Å². The lowest BCUT2D eigenvalue weighted by Gasteiger charge is -2.22. The summed E-state index contributed by atoms with van der Waals surface area (Å²) in [6, 6.07) is 6.93. The largest absolute Gasteiger partial charge is 0.468 e. The van der Waals surface area contributed by atoms with Gasteiger partial charge in [-0.1, -0.05) is 15.9 Å². The summed E-state index contributed by atoms with van der Waals surface area (Å²) in [5.41, 5.74) is 0.959. The highest BCUT2D eigenvalue weighted by Gasteiger charge is 2.17. The molecule has 0 amide bonds. The van der Waals surface area contributed by atoms with E-state index in [4.69, 9.17) is 5.26 Å². The highest BCUT2D eigenvalue weighted by atomic mass is 79.9. The Morgan fingerprint density at radius 1 is 1.20 bits per heavy atom. The molecule has 6 nitrogen and oxygen atoms in total. The van der Waals surface area contributed by atoms with Gasteiger partial charge in [0.05, 0.1) is 25.9 Å². The third-order valence-electron chi connectivity index (χ3n) is 2.47. The topological polar surface area (TPSA) is 79.6 Å². The van der Waals surface area contributed by atoms with Gasteiger partial charge in [0.25, 0.3) is 0 Å². The number of nitrogens with zero attached hydrogens (tertiary/aromatic N) is 2. The summed E-state index contributed by atoms with van der Waals surface area (Å²) in [4.78, 5) is 24.3. The molecule has 0 N–H and O–H groups in total. The molecular weight excluding hydrogens is 328 g/mol. The Balaban J connectivity index is 3.08. The molecule has 7 heteroatoms. The number of rotatable bonds is 5. The average Bonchev–Trinajstić information content (AvgIpc) is 2.45. The second-order valence-electron chi connectivity index (χ2n) is 3.82. The molecule has 0 unspecified atom stereocenters. The number of nitriles is 1. The zero-order chi connectivity index (χ0) is 15.1. The third kappa shape index (κ3) is 4.55. The molecule has 0 aliphatic rings. The SMILES string of the molecule is COC(=O)CN(CC(=O)OC)c1cc(Br)cc(C#N)c1. The minimum atomic E-state index is -0.493. The Morgan fingerprint density at radius 3 is 2.20 bits per heavy atom. The summed E-state index contributed by atoms with van der Waals surface area (Å²) in [5.74, 6) is -0.986. The van der Waals surface area contributed by atoms with Crippen LogP contribution in [0.15, 0.2) is 22.7 Å². The van der Waals surface area contributed by atoms with Crippen molar-refractivity contribution in [2.45, 2.75) is 0 Å². The predicted molar refractivity (Wildman–Crippen MR) is 75.1 cm³/mol. The van der Waals surface area contributed by atoms with Gasteiger partial charge in [-0.2, -0.15) is 5.26 Å². The number of esters is 2. The van der Waals surface area contributed by atoms with Crippen molar-refractivity contribution in [1.29, 1.82) is 5.26 Å². The van der Waals surface area contributed by atoms with Crippen LogP contribution in [0, 0.1) is 11.3 Å². The number of hydrogen-bond donors (Lipinski definition) is 0. The Kier molecular flexibility index (Phi) is 6.00. The molecule has 1 aromatic carbocycles. The number of carbonyl (C=O) groups is 2. The lowest BCUT2D eigenvalue weighted by atomic mass is 10.2. The van der Waals surface area contributed by atoms with Gasteiger partial charge in [-0.3, -0.25) is 9.59 Å². The standard InChI is InChI=1S/C13H13BrN2O4/c1-19-12(17)7-16(8-13(18)20-2)11-4-9(6-15)3-10(14)5-11/h3-5H,7-8H2,1-2H3. The minimum absolute atomic E-state index is 0.118.